The van der Waals surface area contributed by atoms with Gasteiger partial charge in [0.05, 0.1) is 18.5 Å². The first-order chi connectivity index (χ1) is 13.2. The van der Waals surface area contributed by atoms with Crippen LogP contribution in [0.2, 0.25) is 0 Å². The van der Waals surface area contributed by atoms with Gasteiger partial charge in [-0.25, -0.2) is 10.1 Å². The first-order valence-electron chi connectivity index (χ1n) is 8.85. The molecule has 0 bridgehead atoms. The summed E-state index contributed by atoms with van der Waals surface area (Å²) < 4.78 is 7.44. The number of hydrazone groups is 1. The van der Waals surface area contributed by atoms with Gasteiger partial charge in [-0.3, -0.25) is 4.79 Å². The number of ether oxygens (including phenoxy) is 1. The van der Waals surface area contributed by atoms with E-state index >= 15 is 0 Å². The lowest BCUT2D eigenvalue weighted by atomic mass is 10.1. The lowest BCUT2D eigenvalue weighted by Gasteiger charge is -2.05. The Balaban J connectivity index is 1.95. The van der Waals surface area contributed by atoms with Crippen molar-refractivity contribution in [2.24, 2.45) is 5.10 Å². The third-order valence-electron chi connectivity index (χ3n) is 3.79. The minimum absolute atomic E-state index is 0.222. The van der Waals surface area contributed by atoms with Gasteiger partial charge in [0.15, 0.2) is 0 Å². The van der Waals surface area contributed by atoms with E-state index < -0.39 is 0 Å². The Hall–Kier alpha value is -3.41. The molecule has 0 aliphatic carbocycles. The van der Waals surface area contributed by atoms with Gasteiger partial charge in [0.2, 0.25) is 5.91 Å². The molecule has 1 amide bonds. The summed E-state index contributed by atoms with van der Waals surface area (Å²) in [5.74, 6) is 0.609. The molecule has 3 rings (SSSR count). The molecule has 0 unspecified atom stereocenters. The van der Waals surface area contributed by atoms with Gasteiger partial charge in [-0.1, -0.05) is 25.1 Å². The molecule has 3 aromatic rings. The third-order valence-corrected chi connectivity index (χ3v) is 3.79. The zero-order valence-electron chi connectivity index (χ0n) is 15.4. The van der Waals surface area contributed by atoms with Gasteiger partial charge in [-0.2, -0.15) is 10.2 Å². The number of hydrogen-bond donors (Lipinski definition) is 1. The molecular weight excluding hydrogens is 340 g/mol. The van der Waals surface area contributed by atoms with Gasteiger partial charge < -0.3 is 4.74 Å². The van der Waals surface area contributed by atoms with Crippen molar-refractivity contribution in [3.8, 4) is 22.7 Å². The standard InChI is InChI=1S/C21H22N4O2/c1-3-13-27-20-11-9-17(10-12-20)21-18(14-22-23-16(2)26)15-25(24-21)19-7-5-4-6-8-19/h4-12,14-15H,3,13H2,1-2H3,(H,23,26)/b22-14-. The highest BCUT2D eigenvalue weighted by Crippen LogP contribution is 2.25. The number of carbonyl (C=O) groups is 1. The highest BCUT2D eigenvalue weighted by molar-refractivity contribution is 5.89. The van der Waals surface area contributed by atoms with Crippen LogP contribution in [0.3, 0.4) is 0 Å². The summed E-state index contributed by atoms with van der Waals surface area (Å²) >= 11 is 0. The number of carbonyl (C=O) groups excluding carboxylic acids is 1. The number of para-hydroxylation sites is 1. The number of rotatable bonds is 7. The van der Waals surface area contributed by atoms with Crippen molar-refractivity contribution in [1.82, 2.24) is 15.2 Å². The molecule has 27 heavy (non-hydrogen) atoms. The molecule has 6 nitrogen and oxygen atoms in total. The Morgan fingerprint density at radius 2 is 1.93 bits per heavy atom. The maximum Gasteiger partial charge on any atom is 0.236 e. The number of amides is 1. The van der Waals surface area contributed by atoms with Crippen LogP contribution in [0.4, 0.5) is 0 Å². The molecule has 2 aromatic carbocycles. The van der Waals surface area contributed by atoms with Gasteiger partial charge in [0.1, 0.15) is 11.4 Å². The zero-order valence-corrected chi connectivity index (χ0v) is 15.4. The molecular formula is C21H22N4O2. The molecule has 0 fully saturated rings. The smallest absolute Gasteiger partial charge is 0.236 e. The van der Waals surface area contributed by atoms with Crippen LogP contribution in [0.1, 0.15) is 25.8 Å². The molecule has 138 valence electrons. The van der Waals surface area contributed by atoms with Crippen LogP contribution in [0, 0.1) is 0 Å². The van der Waals surface area contributed by atoms with Crippen LogP contribution in [0.15, 0.2) is 65.9 Å². The van der Waals surface area contributed by atoms with E-state index in [9.17, 15) is 4.79 Å². The van der Waals surface area contributed by atoms with Gasteiger partial charge in [-0.15, -0.1) is 0 Å². The third kappa shape index (κ3) is 4.82. The molecule has 1 aromatic heterocycles. The largest absolute Gasteiger partial charge is 0.494 e. The fourth-order valence-corrected chi connectivity index (χ4v) is 2.54. The predicted molar refractivity (Wildman–Crippen MR) is 106 cm³/mol. The fourth-order valence-electron chi connectivity index (χ4n) is 2.54. The molecule has 1 N–H and O–H groups in total. The lowest BCUT2D eigenvalue weighted by Crippen LogP contribution is -2.12. The molecule has 1 heterocycles. The summed E-state index contributed by atoms with van der Waals surface area (Å²) in [5.41, 5.74) is 5.89. The van der Waals surface area contributed by atoms with Crippen molar-refractivity contribution in [3.63, 3.8) is 0 Å². The Bertz CT molecular complexity index is 915. The van der Waals surface area contributed by atoms with E-state index in [-0.39, 0.29) is 5.91 Å². The summed E-state index contributed by atoms with van der Waals surface area (Å²) in [6.07, 6.45) is 4.45. The second-order valence-corrected chi connectivity index (χ2v) is 6.01. The predicted octanol–water partition coefficient (Wildman–Crippen LogP) is 3.80. The second kappa shape index (κ2) is 8.80. The summed E-state index contributed by atoms with van der Waals surface area (Å²) in [4.78, 5) is 11.1. The molecule has 6 heteroatoms. The number of aromatic nitrogens is 2. The van der Waals surface area contributed by atoms with Crippen LogP contribution in [0.25, 0.3) is 16.9 Å². The van der Waals surface area contributed by atoms with Crippen molar-refractivity contribution in [1.29, 1.82) is 0 Å². The number of hydrogen-bond acceptors (Lipinski definition) is 4. The first-order valence-corrected chi connectivity index (χ1v) is 8.85. The van der Waals surface area contributed by atoms with E-state index in [4.69, 9.17) is 9.84 Å². The zero-order chi connectivity index (χ0) is 19.1. The van der Waals surface area contributed by atoms with Crippen molar-refractivity contribution in [3.05, 3.63) is 66.4 Å². The van der Waals surface area contributed by atoms with Crippen LogP contribution >= 0.6 is 0 Å². The van der Waals surface area contributed by atoms with Crippen molar-refractivity contribution in [2.75, 3.05) is 6.61 Å². The number of nitrogens with one attached hydrogen (secondary N) is 1. The van der Waals surface area contributed by atoms with Gasteiger partial charge in [0, 0.05) is 24.2 Å². The van der Waals surface area contributed by atoms with Crippen LogP contribution in [-0.4, -0.2) is 28.5 Å². The Kier molecular flexibility index (Phi) is 5.99. The van der Waals surface area contributed by atoms with E-state index in [1.807, 2.05) is 60.8 Å². The van der Waals surface area contributed by atoms with E-state index in [1.54, 1.807) is 10.9 Å². The van der Waals surface area contributed by atoms with E-state index in [0.717, 1.165) is 34.7 Å². The highest BCUT2D eigenvalue weighted by Gasteiger charge is 2.11. The monoisotopic (exact) mass is 362 g/mol. The van der Waals surface area contributed by atoms with Crippen molar-refractivity contribution >= 4 is 12.1 Å². The highest BCUT2D eigenvalue weighted by atomic mass is 16.5. The van der Waals surface area contributed by atoms with Crippen LogP contribution in [0.5, 0.6) is 5.75 Å². The molecule has 0 spiro atoms. The summed E-state index contributed by atoms with van der Waals surface area (Å²) in [6, 6.07) is 17.6. The quantitative estimate of drug-likeness (QED) is 0.513. The van der Waals surface area contributed by atoms with Crippen LogP contribution in [-0.2, 0) is 4.79 Å². The first kappa shape index (κ1) is 18.4. The topological polar surface area (TPSA) is 68.5 Å². The normalized spacial score (nSPS) is 10.9. The molecule has 0 aliphatic rings. The van der Waals surface area contributed by atoms with E-state index in [0.29, 0.717) is 6.61 Å². The minimum Gasteiger partial charge on any atom is -0.494 e. The summed E-state index contributed by atoms with van der Waals surface area (Å²) in [6.45, 7) is 4.18. The van der Waals surface area contributed by atoms with Gasteiger partial charge >= 0.3 is 0 Å². The Morgan fingerprint density at radius 3 is 2.59 bits per heavy atom. The molecule has 0 saturated carbocycles. The summed E-state index contributed by atoms with van der Waals surface area (Å²) in [7, 11) is 0. The van der Waals surface area contributed by atoms with Gasteiger partial charge in [-0.05, 0) is 42.8 Å². The lowest BCUT2D eigenvalue weighted by molar-refractivity contribution is -0.118. The number of benzene rings is 2. The maximum atomic E-state index is 11.1. The molecule has 0 aliphatic heterocycles. The van der Waals surface area contributed by atoms with E-state index in [2.05, 4.69) is 17.5 Å². The average molecular weight is 362 g/mol. The average Bonchev–Trinajstić information content (AvgIpc) is 3.11. The minimum atomic E-state index is -0.222. The summed E-state index contributed by atoms with van der Waals surface area (Å²) in [5, 5.41) is 8.70. The Labute approximate surface area is 158 Å². The Morgan fingerprint density at radius 1 is 1.19 bits per heavy atom. The van der Waals surface area contributed by atoms with Crippen molar-refractivity contribution < 1.29 is 9.53 Å². The number of nitrogens with zero attached hydrogens (tertiary/aromatic N) is 3. The fraction of sp³-hybridized carbons (Fsp3) is 0.190. The van der Waals surface area contributed by atoms with E-state index in [1.165, 1.54) is 6.92 Å². The van der Waals surface area contributed by atoms with Crippen LogP contribution < -0.4 is 10.2 Å². The van der Waals surface area contributed by atoms with Crippen molar-refractivity contribution in [2.45, 2.75) is 20.3 Å². The molecule has 0 radical (unpaired) electrons. The second-order valence-electron chi connectivity index (χ2n) is 6.01. The molecule has 0 atom stereocenters. The van der Waals surface area contributed by atoms with Gasteiger partial charge in [0.25, 0.3) is 0 Å². The SMILES string of the molecule is CCCOc1ccc(-c2nn(-c3ccccc3)cc2/C=N\NC(C)=O)cc1. The maximum absolute atomic E-state index is 11.1. The molecule has 0 saturated heterocycles.